The molecular weight excluding hydrogens is 578 g/mol. The molecule has 2 atom stereocenters. The van der Waals surface area contributed by atoms with Gasteiger partial charge in [-0.3, -0.25) is 14.4 Å². The van der Waals surface area contributed by atoms with Crippen molar-refractivity contribution in [2.75, 3.05) is 36.0 Å². The van der Waals surface area contributed by atoms with Crippen molar-refractivity contribution in [3.05, 3.63) is 95.1 Å². The number of aliphatic hydroxyl groups is 2. The van der Waals surface area contributed by atoms with E-state index in [9.17, 15) is 24.6 Å². The van der Waals surface area contributed by atoms with E-state index in [0.717, 1.165) is 36.8 Å². The highest BCUT2D eigenvalue weighted by Gasteiger charge is 2.52. The normalized spacial score (nSPS) is 19.0. The Kier molecular flexibility index (Phi) is 12.1. The molecule has 0 aliphatic carbocycles. The second kappa shape index (κ2) is 16.0. The second-order valence-electron chi connectivity index (χ2n) is 12.7. The minimum absolute atomic E-state index is 0.0419. The van der Waals surface area contributed by atoms with Gasteiger partial charge in [-0.1, -0.05) is 72.7 Å². The molecule has 0 radical (unpaired) electrons. The summed E-state index contributed by atoms with van der Waals surface area (Å²) in [5.41, 5.74) is 3.30. The lowest BCUT2D eigenvalue weighted by Gasteiger charge is -2.30. The summed E-state index contributed by atoms with van der Waals surface area (Å²) in [7, 11) is 0. The number of benzene rings is 2. The molecule has 0 bridgehead atoms. The Bertz CT molecular complexity index is 1480. The number of piperidine rings is 1. The van der Waals surface area contributed by atoms with Gasteiger partial charge in [0.2, 0.25) is 11.8 Å². The van der Waals surface area contributed by atoms with Crippen molar-refractivity contribution in [1.29, 1.82) is 0 Å². The lowest BCUT2D eigenvalue weighted by Crippen LogP contribution is -2.44. The number of carbonyl (C=O) groups is 3. The zero-order chi connectivity index (χ0) is 33.3. The van der Waals surface area contributed by atoms with Gasteiger partial charge < -0.3 is 24.9 Å². The van der Waals surface area contributed by atoms with E-state index in [1.165, 1.54) is 5.57 Å². The first-order valence-electron chi connectivity index (χ1n) is 16.4. The second-order valence-corrected chi connectivity index (χ2v) is 12.7. The first-order valence-corrected chi connectivity index (χ1v) is 16.4. The molecule has 2 aliphatic rings. The van der Waals surface area contributed by atoms with Crippen LogP contribution in [0.25, 0.3) is 0 Å². The van der Waals surface area contributed by atoms with E-state index in [-0.39, 0.29) is 31.4 Å². The number of hydrogen-bond acceptors (Lipinski definition) is 5. The van der Waals surface area contributed by atoms with Crippen molar-refractivity contribution < 1.29 is 24.6 Å². The minimum atomic E-state index is -1.87. The van der Waals surface area contributed by atoms with Gasteiger partial charge in [0.15, 0.2) is 5.60 Å². The van der Waals surface area contributed by atoms with Crippen LogP contribution in [0.5, 0.6) is 0 Å². The number of nitrogens with zero attached hydrogens (tertiary/aromatic N) is 3. The van der Waals surface area contributed by atoms with Gasteiger partial charge in [-0.2, -0.15) is 0 Å². The van der Waals surface area contributed by atoms with Crippen LogP contribution >= 0.6 is 0 Å². The zero-order valence-electron chi connectivity index (χ0n) is 27.7. The van der Waals surface area contributed by atoms with Gasteiger partial charge in [0.1, 0.15) is 0 Å². The van der Waals surface area contributed by atoms with E-state index in [0.29, 0.717) is 43.0 Å². The molecule has 0 saturated carbocycles. The van der Waals surface area contributed by atoms with Crippen LogP contribution in [0.3, 0.4) is 0 Å². The molecular formula is C38H49N3O5. The molecule has 8 heteroatoms. The summed E-state index contributed by atoms with van der Waals surface area (Å²) in [5.74, 6) is -1.20. The van der Waals surface area contributed by atoms with Gasteiger partial charge in [0, 0.05) is 56.2 Å². The smallest absolute Gasteiger partial charge is 0.264 e. The highest BCUT2D eigenvalue weighted by Crippen LogP contribution is 2.47. The number of fused-ring (bicyclic) bond motifs is 1. The Hall–Kier alpha value is -4.01. The number of amides is 3. The molecule has 8 nitrogen and oxygen atoms in total. The fourth-order valence-electron chi connectivity index (χ4n) is 6.16. The Balaban J connectivity index is 1.58. The Morgan fingerprint density at radius 3 is 2.52 bits per heavy atom. The number of carbonyl (C=O) groups excluding carboxylic acids is 3. The molecule has 3 amide bonds. The monoisotopic (exact) mass is 627 g/mol. The van der Waals surface area contributed by atoms with Gasteiger partial charge in [-0.05, 0) is 70.2 Å². The molecule has 2 aromatic rings. The molecule has 0 unspecified atom stereocenters. The zero-order valence-corrected chi connectivity index (χ0v) is 27.7. The summed E-state index contributed by atoms with van der Waals surface area (Å²) < 4.78 is 0. The highest BCUT2D eigenvalue weighted by atomic mass is 16.3. The average molecular weight is 628 g/mol. The van der Waals surface area contributed by atoms with Gasteiger partial charge in [-0.25, -0.2) is 0 Å². The summed E-state index contributed by atoms with van der Waals surface area (Å²) in [6, 6.07) is 15.1. The van der Waals surface area contributed by atoms with Crippen LogP contribution in [0, 0.1) is 5.92 Å². The van der Waals surface area contributed by atoms with Crippen molar-refractivity contribution in [2.24, 2.45) is 5.92 Å². The molecule has 2 N–H and O–H groups in total. The Labute approximate surface area is 273 Å². The van der Waals surface area contributed by atoms with Crippen molar-refractivity contribution >= 4 is 29.1 Å². The number of aliphatic hydroxyl groups excluding tert-OH is 1. The predicted molar refractivity (Wildman–Crippen MR) is 183 cm³/mol. The molecule has 1 saturated heterocycles. The van der Waals surface area contributed by atoms with Crippen LogP contribution in [0.15, 0.2) is 84.0 Å². The average Bonchev–Trinajstić information content (AvgIpc) is 3.26. The van der Waals surface area contributed by atoms with Crippen LogP contribution in [0.4, 0.5) is 11.4 Å². The summed E-state index contributed by atoms with van der Waals surface area (Å²) in [5, 5.41) is 21.8. The molecule has 2 heterocycles. The first kappa shape index (κ1) is 34.9. The third-order valence-electron chi connectivity index (χ3n) is 8.92. The van der Waals surface area contributed by atoms with Crippen molar-refractivity contribution in [3.63, 3.8) is 0 Å². The van der Waals surface area contributed by atoms with Crippen LogP contribution in [-0.4, -0.2) is 59.1 Å². The summed E-state index contributed by atoms with van der Waals surface area (Å²) in [6.07, 6.45) is 11.8. The summed E-state index contributed by atoms with van der Waals surface area (Å²) in [4.78, 5) is 45.0. The first-order chi connectivity index (χ1) is 22.1. The van der Waals surface area contributed by atoms with Gasteiger partial charge >= 0.3 is 0 Å². The number of hydrogen-bond donors (Lipinski definition) is 2. The molecule has 2 aliphatic heterocycles. The van der Waals surface area contributed by atoms with E-state index in [1.54, 1.807) is 39.8 Å². The summed E-state index contributed by atoms with van der Waals surface area (Å²) in [6.45, 7) is 9.35. The van der Waals surface area contributed by atoms with Crippen molar-refractivity contribution in [1.82, 2.24) is 4.90 Å². The third-order valence-corrected chi connectivity index (χ3v) is 8.92. The standard InChI is InChI=1S/C38H49N3O5/c1-28(2)12-10-13-29(3)21-23-41-34-20-19-32(40-22-9-8-17-36(40)44)26-33(34)38(46,37(41)45)30(4)14-11-18-35(43)39(24-25-42)27-31-15-6-5-7-16-31/h5-7,11-12,14-16,19-21,26,30,42,46H,8-10,13,17-18,22-25,27H2,1-4H3/b14-11+,29-21+/t30-,38+/m1/s1. The highest BCUT2D eigenvalue weighted by molar-refractivity contribution is 6.08. The quantitative estimate of drug-likeness (QED) is 0.249. The van der Waals surface area contributed by atoms with Crippen LogP contribution in [0.1, 0.15) is 77.3 Å². The molecule has 2 aromatic carbocycles. The molecule has 0 aromatic heterocycles. The summed E-state index contributed by atoms with van der Waals surface area (Å²) >= 11 is 0. The lowest BCUT2D eigenvalue weighted by atomic mass is 9.82. The molecule has 4 rings (SSSR count). The van der Waals surface area contributed by atoms with E-state index >= 15 is 0 Å². The number of anilines is 2. The van der Waals surface area contributed by atoms with E-state index in [4.69, 9.17) is 0 Å². The fraction of sp³-hybridized carbons (Fsp3) is 0.447. The van der Waals surface area contributed by atoms with E-state index in [1.807, 2.05) is 48.5 Å². The van der Waals surface area contributed by atoms with Gasteiger partial charge in [-0.15, -0.1) is 0 Å². The Morgan fingerprint density at radius 2 is 1.83 bits per heavy atom. The number of allylic oxidation sites excluding steroid dienone is 3. The molecule has 246 valence electrons. The van der Waals surface area contributed by atoms with Crippen molar-refractivity contribution in [3.8, 4) is 0 Å². The maximum absolute atomic E-state index is 14.1. The number of rotatable bonds is 14. The van der Waals surface area contributed by atoms with E-state index in [2.05, 4.69) is 26.8 Å². The minimum Gasteiger partial charge on any atom is -0.395 e. The largest absolute Gasteiger partial charge is 0.395 e. The Morgan fingerprint density at radius 1 is 1.07 bits per heavy atom. The lowest BCUT2D eigenvalue weighted by molar-refractivity contribution is -0.139. The van der Waals surface area contributed by atoms with Crippen LogP contribution in [-0.2, 0) is 26.5 Å². The van der Waals surface area contributed by atoms with Crippen LogP contribution in [0.2, 0.25) is 0 Å². The SMILES string of the molecule is CC(C)=CCC/C(C)=C/CN1C(=O)[C@](O)([C@H](C)/C=C/CC(=O)N(CCO)Cc2ccccc2)c2cc(N3CCCCC3=O)ccc21. The topological polar surface area (TPSA) is 101 Å². The van der Waals surface area contributed by atoms with Crippen molar-refractivity contribution in [2.45, 2.75) is 78.4 Å². The fourth-order valence-corrected chi connectivity index (χ4v) is 6.16. The third kappa shape index (κ3) is 8.22. The predicted octanol–water partition coefficient (Wildman–Crippen LogP) is 6.03. The molecule has 0 spiro atoms. The molecule has 1 fully saturated rings. The maximum Gasteiger partial charge on any atom is 0.264 e. The molecule has 46 heavy (non-hydrogen) atoms. The van der Waals surface area contributed by atoms with Gasteiger partial charge in [0.25, 0.3) is 5.91 Å². The van der Waals surface area contributed by atoms with E-state index < -0.39 is 17.4 Å². The van der Waals surface area contributed by atoms with Crippen LogP contribution < -0.4 is 9.80 Å². The maximum atomic E-state index is 14.1. The van der Waals surface area contributed by atoms with Gasteiger partial charge in [0.05, 0.1) is 12.3 Å².